The number of benzene rings is 2. The topological polar surface area (TPSA) is 86.1 Å². The minimum Gasteiger partial charge on any atom is -0.450 e. The monoisotopic (exact) mass is 440 g/mol. The second-order valence-corrected chi connectivity index (χ2v) is 7.78. The van der Waals surface area contributed by atoms with E-state index in [9.17, 15) is 9.59 Å². The number of para-hydroxylation sites is 1. The van der Waals surface area contributed by atoms with Gasteiger partial charge in [-0.15, -0.1) is 0 Å². The lowest BCUT2D eigenvalue weighted by atomic mass is 10.2. The molecule has 0 fully saturated rings. The van der Waals surface area contributed by atoms with E-state index >= 15 is 0 Å². The van der Waals surface area contributed by atoms with Crippen molar-refractivity contribution in [1.82, 2.24) is 14.5 Å². The van der Waals surface area contributed by atoms with Crippen LogP contribution < -0.4 is 10.9 Å². The fourth-order valence-corrected chi connectivity index (χ4v) is 4.08. The molecule has 0 aliphatic carbocycles. The number of aryl methyl sites for hydroxylation is 1. The number of nitrogens with zero attached hydrogens (tertiary/aromatic N) is 3. The normalized spacial score (nSPS) is 10.9. The molecule has 0 unspecified atom stereocenters. The summed E-state index contributed by atoms with van der Waals surface area (Å²) in [4.78, 5) is 35.0. The number of carbonyl (C=O) groups excluding carboxylic acids is 1. The van der Waals surface area contributed by atoms with E-state index in [1.165, 1.54) is 15.9 Å². The number of anilines is 1. The summed E-state index contributed by atoms with van der Waals surface area (Å²) < 4.78 is 6.45. The SMILES string of the molecule is CCOC(=O)Nc1nc(C)c(-c2nc3ccccc3c(=O)n2-c2ccc(Cl)cc2)s1. The van der Waals surface area contributed by atoms with Crippen LogP contribution in [0.25, 0.3) is 27.3 Å². The van der Waals surface area contributed by atoms with Crippen molar-refractivity contribution >= 4 is 45.1 Å². The highest BCUT2D eigenvalue weighted by atomic mass is 35.5. The molecule has 0 radical (unpaired) electrons. The van der Waals surface area contributed by atoms with Gasteiger partial charge in [-0.3, -0.25) is 14.7 Å². The van der Waals surface area contributed by atoms with Crippen LogP contribution in [0, 0.1) is 6.92 Å². The van der Waals surface area contributed by atoms with Gasteiger partial charge in [0.2, 0.25) is 0 Å². The van der Waals surface area contributed by atoms with Gasteiger partial charge in [0.15, 0.2) is 11.0 Å². The summed E-state index contributed by atoms with van der Waals surface area (Å²) in [6.07, 6.45) is -0.584. The van der Waals surface area contributed by atoms with Gasteiger partial charge in [-0.05, 0) is 50.2 Å². The molecule has 2 aromatic carbocycles. The van der Waals surface area contributed by atoms with Crippen LogP contribution in [0.4, 0.5) is 9.93 Å². The number of hydrogen-bond acceptors (Lipinski definition) is 6. The molecule has 1 N–H and O–H groups in total. The number of carbonyl (C=O) groups is 1. The van der Waals surface area contributed by atoms with Crippen molar-refractivity contribution in [2.24, 2.45) is 0 Å². The summed E-state index contributed by atoms with van der Waals surface area (Å²) >= 11 is 7.26. The van der Waals surface area contributed by atoms with E-state index in [1.54, 1.807) is 56.3 Å². The number of nitrogens with one attached hydrogen (secondary N) is 1. The molecule has 0 aliphatic heterocycles. The van der Waals surface area contributed by atoms with E-state index in [1.807, 2.05) is 6.07 Å². The first-order chi connectivity index (χ1) is 14.5. The van der Waals surface area contributed by atoms with Gasteiger partial charge in [-0.1, -0.05) is 35.1 Å². The Bertz CT molecular complexity index is 1300. The molecule has 0 aliphatic rings. The number of ether oxygens (including phenoxy) is 1. The third kappa shape index (κ3) is 3.79. The Morgan fingerprint density at radius 1 is 1.17 bits per heavy atom. The van der Waals surface area contributed by atoms with E-state index in [0.717, 1.165) is 0 Å². The summed E-state index contributed by atoms with van der Waals surface area (Å²) in [5.74, 6) is 0.438. The van der Waals surface area contributed by atoms with Gasteiger partial charge < -0.3 is 4.74 Å². The lowest BCUT2D eigenvalue weighted by Gasteiger charge is -2.13. The first-order valence-corrected chi connectivity index (χ1v) is 10.4. The molecule has 0 atom stereocenters. The first-order valence-electron chi connectivity index (χ1n) is 9.17. The van der Waals surface area contributed by atoms with Crippen LogP contribution in [-0.4, -0.2) is 27.2 Å². The van der Waals surface area contributed by atoms with E-state index in [4.69, 9.17) is 21.3 Å². The number of aromatic nitrogens is 3. The maximum absolute atomic E-state index is 13.4. The molecule has 0 saturated carbocycles. The largest absolute Gasteiger partial charge is 0.450 e. The van der Waals surface area contributed by atoms with Gasteiger partial charge >= 0.3 is 6.09 Å². The molecule has 4 aromatic rings. The molecule has 9 heteroatoms. The van der Waals surface area contributed by atoms with Gasteiger partial charge in [-0.25, -0.2) is 14.8 Å². The molecule has 2 heterocycles. The van der Waals surface area contributed by atoms with Crippen LogP contribution in [0.3, 0.4) is 0 Å². The molecule has 4 rings (SSSR count). The van der Waals surface area contributed by atoms with Crippen molar-refractivity contribution < 1.29 is 9.53 Å². The van der Waals surface area contributed by atoms with Crippen LogP contribution in [0.15, 0.2) is 53.3 Å². The molecule has 152 valence electrons. The van der Waals surface area contributed by atoms with Gasteiger partial charge in [0.05, 0.1) is 33.8 Å². The second-order valence-electron chi connectivity index (χ2n) is 6.35. The van der Waals surface area contributed by atoms with Gasteiger partial charge in [-0.2, -0.15) is 0 Å². The van der Waals surface area contributed by atoms with Gasteiger partial charge in [0.1, 0.15) is 0 Å². The van der Waals surface area contributed by atoms with E-state index in [2.05, 4.69) is 10.3 Å². The maximum Gasteiger partial charge on any atom is 0.413 e. The molecule has 2 aromatic heterocycles. The number of fused-ring (bicyclic) bond motifs is 1. The summed E-state index contributed by atoms with van der Waals surface area (Å²) in [5.41, 5.74) is 1.64. The summed E-state index contributed by atoms with van der Waals surface area (Å²) in [7, 11) is 0. The number of hydrogen-bond donors (Lipinski definition) is 1. The zero-order valence-corrected chi connectivity index (χ0v) is 17.8. The summed E-state index contributed by atoms with van der Waals surface area (Å²) in [5, 5.41) is 4.04. The van der Waals surface area contributed by atoms with Crippen molar-refractivity contribution in [3.05, 3.63) is 69.6 Å². The van der Waals surface area contributed by atoms with Gasteiger partial charge in [0, 0.05) is 5.02 Å². The highest BCUT2D eigenvalue weighted by Crippen LogP contribution is 2.33. The third-order valence-corrected chi connectivity index (χ3v) is 5.67. The fraction of sp³-hybridized carbons (Fsp3) is 0.143. The van der Waals surface area contributed by atoms with Crippen molar-refractivity contribution in [2.45, 2.75) is 13.8 Å². The highest BCUT2D eigenvalue weighted by molar-refractivity contribution is 7.19. The van der Waals surface area contributed by atoms with Crippen LogP contribution >= 0.6 is 22.9 Å². The van der Waals surface area contributed by atoms with Crippen LogP contribution in [0.1, 0.15) is 12.6 Å². The van der Waals surface area contributed by atoms with Crippen LogP contribution in [0.2, 0.25) is 5.02 Å². The zero-order chi connectivity index (χ0) is 21.3. The fourth-order valence-electron chi connectivity index (χ4n) is 3.03. The first kappa shape index (κ1) is 20.1. The Balaban J connectivity index is 1.93. The Kier molecular flexibility index (Phi) is 5.52. The number of amides is 1. The zero-order valence-electron chi connectivity index (χ0n) is 16.2. The third-order valence-electron chi connectivity index (χ3n) is 4.34. The molecular weight excluding hydrogens is 424 g/mol. The predicted molar refractivity (Wildman–Crippen MR) is 119 cm³/mol. The Morgan fingerprint density at radius 3 is 2.63 bits per heavy atom. The van der Waals surface area contributed by atoms with E-state index in [-0.39, 0.29) is 12.2 Å². The average molecular weight is 441 g/mol. The molecule has 30 heavy (non-hydrogen) atoms. The average Bonchev–Trinajstić information content (AvgIpc) is 3.09. The number of rotatable bonds is 4. The quantitative estimate of drug-likeness (QED) is 0.480. The van der Waals surface area contributed by atoms with Crippen molar-refractivity contribution in [3.8, 4) is 16.4 Å². The van der Waals surface area contributed by atoms with Crippen molar-refractivity contribution in [2.75, 3.05) is 11.9 Å². The Labute approximate surface area is 180 Å². The van der Waals surface area contributed by atoms with Crippen LogP contribution in [0.5, 0.6) is 0 Å². The minimum absolute atomic E-state index is 0.203. The molecule has 0 spiro atoms. The standard InChI is InChI=1S/C21H17ClN4O3S/c1-3-29-21(28)25-20-23-12(2)17(30-20)18-24-16-7-5-4-6-15(16)19(27)26(18)14-10-8-13(22)9-11-14/h4-11H,3H2,1-2H3,(H,23,25,28). The molecule has 0 saturated heterocycles. The second kappa shape index (κ2) is 8.25. The summed E-state index contributed by atoms with van der Waals surface area (Å²) in [6, 6.07) is 14.1. The molecule has 7 nitrogen and oxygen atoms in total. The maximum atomic E-state index is 13.4. The Morgan fingerprint density at radius 2 is 1.90 bits per heavy atom. The predicted octanol–water partition coefficient (Wildman–Crippen LogP) is 5.04. The molecular formula is C21H17ClN4O3S. The molecule has 1 amide bonds. The lowest BCUT2D eigenvalue weighted by molar-refractivity contribution is 0.168. The number of thiazole rings is 1. The van der Waals surface area contributed by atoms with Crippen LogP contribution in [-0.2, 0) is 4.74 Å². The van der Waals surface area contributed by atoms with E-state index < -0.39 is 6.09 Å². The van der Waals surface area contributed by atoms with Crippen molar-refractivity contribution in [3.63, 3.8) is 0 Å². The minimum atomic E-state index is -0.584. The number of halogens is 1. The smallest absolute Gasteiger partial charge is 0.413 e. The van der Waals surface area contributed by atoms with Gasteiger partial charge in [0.25, 0.3) is 5.56 Å². The Hall–Kier alpha value is -3.23. The van der Waals surface area contributed by atoms with Crippen molar-refractivity contribution in [1.29, 1.82) is 0 Å². The lowest BCUT2D eigenvalue weighted by Crippen LogP contribution is -2.21. The molecule has 0 bridgehead atoms. The highest BCUT2D eigenvalue weighted by Gasteiger charge is 2.20. The summed E-state index contributed by atoms with van der Waals surface area (Å²) in [6.45, 7) is 3.78. The van der Waals surface area contributed by atoms with E-state index in [0.29, 0.717) is 43.1 Å².